The van der Waals surface area contributed by atoms with Crippen LogP contribution in [0.5, 0.6) is 0 Å². The summed E-state index contributed by atoms with van der Waals surface area (Å²) in [5.74, 6) is -3.01. The molecule has 4 aromatic carbocycles. The quantitative estimate of drug-likeness (QED) is 0.356. The van der Waals surface area contributed by atoms with E-state index in [0.29, 0.717) is 16.8 Å². The number of amides is 1. The second kappa shape index (κ2) is 8.60. The summed E-state index contributed by atoms with van der Waals surface area (Å²) in [6.45, 7) is 0. The van der Waals surface area contributed by atoms with Crippen molar-refractivity contribution in [3.05, 3.63) is 137 Å². The van der Waals surface area contributed by atoms with Crippen LogP contribution in [0.1, 0.15) is 31.8 Å². The smallest absolute Gasteiger partial charge is 0.238 e. The topological polar surface area (TPSA) is 66.5 Å². The number of fused-ring (bicyclic) bond motifs is 6. The van der Waals surface area contributed by atoms with Crippen LogP contribution in [0.15, 0.2) is 109 Å². The SMILES string of the molecule is O=C(c1ccccc1F)[C@@H]1[C@@H](C(=O)c2ccccc2)[C@]2(C(=O)Nc3ccccc32)[C@H]2C=Cc3ccccc3N12. The van der Waals surface area contributed by atoms with Crippen molar-refractivity contribution in [3.63, 3.8) is 0 Å². The number of para-hydroxylation sites is 2. The Balaban J connectivity index is 1.55. The van der Waals surface area contributed by atoms with E-state index in [1.807, 2.05) is 71.6 Å². The normalized spacial score (nSPS) is 24.2. The highest BCUT2D eigenvalue weighted by Gasteiger charge is 2.70. The summed E-state index contributed by atoms with van der Waals surface area (Å²) in [6.07, 6.45) is 3.84. The number of carbonyl (C=O) groups is 3. The van der Waals surface area contributed by atoms with Gasteiger partial charge in [-0.1, -0.05) is 91.0 Å². The zero-order valence-electron chi connectivity index (χ0n) is 20.8. The number of nitrogens with one attached hydrogen (secondary N) is 1. The summed E-state index contributed by atoms with van der Waals surface area (Å²) < 4.78 is 15.1. The van der Waals surface area contributed by atoms with Gasteiger partial charge in [0.1, 0.15) is 17.3 Å². The molecule has 0 radical (unpaired) electrons. The number of Topliss-reactive ketones (excluding diaryl/α,β-unsaturated/α-hetero) is 2. The van der Waals surface area contributed by atoms with Gasteiger partial charge in [0.25, 0.3) is 0 Å². The van der Waals surface area contributed by atoms with Gasteiger partial charge in [0.05, 0.1) is 17.5 Å². The number of hydrogen-bond donors (Lipinski definition) is 1. The van der Waals surface area contributed by atoms with Crippen LogP contribution >= 0.6 is 0 Å². The van der Waals surface area contributed by atoms with Crippen molar-refractivity contribution in [1.29, 1.82) is 0 Å². The molecule has 3 heterocycles. The summed E-state index contributed by atoms with van der Waals surface area (Å²) in [5.41, 5.74) is 1.71. The molecule has 0 aromatic heterocycles. The Morgan fingerprint density at radius 1 is 0.795 bits per heavy atom. The lowest BCUT2D eigenvalue weighted by Crippen LogP contribution is -2.51. The Morgan fingerprint density at radius 3 is 2.31 bits per heavy atom. The van der Waals surface area contributed by atoms with Crippen LogP contribution in [0.2, 0.25) is 0 Å². The molecule has 0 saturated carbocycles. The van der Waals surface area contributed by atoms with E-state index in [2.05, 4.69) is 5.32 Å². The molecular formula is C33H23FN2O3. The summed E-state index contributed by atoms with van der Waals surface area (Å²) >= 11 is 0. The molecule has 7 rings (SSSR count). The fourth-order valence-electron chi connectivity index (χ4n) is 6.72. The number of nitrogens with zero attached hydrogens (tertiary/aromatic N) is 1. The molecule has 4 atom stereocenters. The van der Waals surface area contributed by atoms with Gasteiger partial charge < -0.3 is 10.2 Å². The average molecular weight is 515 g/mol. The largest absolute Gasteiger partial charge is 0.352 e. The lowest BCUT2D eigenvalue weighted by Gasteiger charge is -2.37. The third-order valence-corrected chi connectivity index (χ3v) is 8.29. The molecule has 1 amide bonds. The number of benzene rings is 4. The fourth-order valence-corrected chi connectivity index (χ4v) is 6.72. The number of ketones is 2. The Kier molecular flexibility index (Phi) is 5.13. The maximum Gasteiger partial charge on any atom is 0.238 e. The molecule has 0 bridgehead atoms. The van der Waals surface area contributed by atoms with Crippen molar-refractivity contribution < 1.29 is 18.8 Å². The van der Waals surface area contributed by atoms with Gasteiger partial charge in [-0.3, -0.25) is 14.4 Å². The highest BCUT2D eigenvalue weighted by atomic mass is 19.1. The maximum atomic E-state index is 15.1. The molecule has 3 aliphatic heterocycles. The fraction of sp³-hybridized carbons (Fsp3) is 0.121. The second-order valence-corrected chi connectivity index (χ2v) is 10.1. The number of anilines is 2. The first-order valence-corrected chi connectivity index (χ1v) is 12.9. The first-order valence-electron chi connectivity index (χ1n) is 12.9. The van der Waals surface area contributed by atoms with Crippen LogP contribution < -0.4 is 10.2 Å². The van der Waals surface area contributed by atoms with E-state index in [1.54, 1.807) is 30.3 Å². The molecule has 39 heavy (non-hydrogen) atoms. The van der Waals surface area contributed by atoms with Crippen molar-refractivity contribution in [3.8, 4) is 0 Å². The molecule has 190 valence electrons. The molecule has 3 aliphatic rings. The molecule has 1 saturated heterocycles. The number of rotatable bonds is 4. The third-order valence-electron chi connectivity index (χ3n) is 8.29. The van der Waals surface area contributed by atoms with E-state index in [-0.39, 0.29) is 17.3 Å². The van der Waals surface area contributed by atoms with Crippen molar-refractivity contribution in [2.24, 2.45) is 5.92 Å². The van der Waals surface area contributed by atoms with Gasteiger partial charge in [-0.25, -0.2) is 4.39 Å². The molecule has 4 aromatic rings. The summed E-state index contributed by atoms with van der Waals surface area (Å²) in [4.78, 5) is 45.1. The molecular weight excluding hydrogens is 491 g/mol. The first-order chi connectivity index (χ1) is 19.0. The predicted molar refractivity (Wildman–Crippen MR) is 147 cm³/mol. The highest BCUT2D eigenvalue weighted by Crippen LogP contribution is 2.58. The van der Waals surface area contributed by atoms with E-state index in [1.165, 1.54) is 18.2 Å². The lowest BCUT2D eigenvalue weighted by molar-refractivity contribution is -0.121. The van der Waals surface area contributed by atoms with E-state index in [4.69, 9.17) is 0 Å². The molecule has 5 nitrogen and oxygen atoms in total. The van der Waals surface area contributed by atoms with Crippen molar-refractivity contribution in [1.82, 2.24) is 0 Å². The Labute approximate surface area is 224 Å². The lowest BCUT2D eigenvalue weighted by atomic mass is 9.64. The molecule has 0 aliphatic carbocycles. The highest BCUT2D eigenvalue weighted by molar-refractivity contribution is 6.18. The number of halogens is 1. The predicted octanol–water partition coefficient (Wildman–Crippen LogP) is 5.68. The van der Waals surface area contributed by atoms with Crippen molar-refractivity contribution >= 4 is 34.9 Å². The molecule has 1 N–H and O–H groups in total. The summed E-state index contributed by atoms with van der Waals surface area (Å²) in [7, 11) is 0. The van der Waals surface area contributed by atoms with Crippen LogP contribution in [-0.2, 0) is 10.2 Å². The van der Waals surface area contributed by atoms with E-state index in [0.717, 1.165) is 11.3 Å². The van der Waals surface area contributed by atoms with Crippen molar-refractivity contribution in [2.45, 2.75) is 17.5 Å². The monoisotopic (exact) mass is 514 g/mol. The Morgan fingerprint density at radius 2 is 1.49 bits per heavy atom. The summed E-state index contributed by atoms with van der Waals surface area (Å²) in [5, 5.41) is 3.00. The van der Waals surface area contributed by atoms with Crippen molar-refractivity contribution in [2.75, 3.05) is 10.2 Å². The molecule has 1 fully saturated rings. The third kappa shape index (κ3) is 3.15. The van der Waals surface area contributed by atoms with Gasteiger partial charge in [-0.15, -0.1) is 0 Å². The Hall–Kier alpha value is -4.84. The second-order valence-electron chi connectivity index (χ2n) is 10.1. The van der Waals surface area contributed by atoms with Gasteiger partial charge in [0.2, 0.25) is 5.91 Å². The van der Waals surface area contributed by atoms with Crippen LogP contribution in [0, 0.1) is 11.7 Å². The van der Waals surface area contributed by atoms with Gasteiger partial charge >= 0.3 is 0 Å². The zero-order valence-corrected chi connectivity index (χ0v) is 20.8. The Bertz CT molecular complexity index is 1700. The zero-order chi connectivity index (χ0) is 26.7. The van der Waals surface area contributed by atoms with Crippen LogP contribution in [0.25, 0.3) is 6.08 Å². The van der Waals surface area contributed by atoms with Gasteiger partial charge in [-0.2, -0.15) is 0 Å². The molecule has 6 heteroatoms. The van der Waals surface area contributed by atoms with E-state index < -0.39 is 35.0 Å². The standard InChI is InChI=1S/C33H23FN2O3/c34-24-15-7-5-13-22(24)31(38)29-28(30(37)21-11-2-1-3-12-21)33(23-14-6-8-16-25(23)35-32(33)39)27-19-18-20-10-4-9-17-26(20)36(27)29/h1-19,27-29H,(H,35,39)/t27-,28+,29+,33-/m1/s1. The van der Waals surface area contributed by atoms with E-state index in [9.17, 15) is 14.4 Å². The van der Waals surface area contributed by atoms with Crippen LogP contribution in [0.3, 0.4) is 0 Å². The number of hydrogen-bond acceptors (Lipinski definition) is 4. The maximum absolute atomic E-state index is 15.1. The van der Waals surface area contributed by atoms with Crippen LogP contribution in [0.4, 0.5) is 15.8 Å². The van der Waals surface area contributed by atoms with Gasteiger partial charge in [-0.05, 0) is 35.4 Å². The van der Waals surface area contributed by atoms with Gasteiger partial charge in [0.15, 0.2) is 11.6 Å². The summed E-state index contributed by atoms with van der Waals surface area (Å²) in [6, 6.07) is 27.6. The minimum absolute atomic E-state index is 0.108. The molecule has 1 spiro atoms. The van der Waals surface area contributed by atoms with Gasteiger partial charge in [0, 0.05) is 16.9 Å². The van der Waals surface area contributed by atoms with E-state index >= 15 is 4.39 Å². The average Bonchev–Trinajstić information content (AvgIpc) is 3.45. The number of carbonyl (C=O) groups excluding carboxylic acids is 3. The molecule has 0 unspecified atom stereocenters. The first kappa shape index (κ1) is 23.3. The van der Waals surface area contributed by atoms with Crippen LogP contribution in [-0.4, -0.2) is 29.6 Å². The minimum atomic E-state index is -1.42. The minimum Gasteiger partial charge on any atom is -0.352 e.